The van der Waals surface area contributed by atoms with Gasteiger partial charge in [-0.2, -0.15) is 5.26 Å². The molecule has 5 nitrogen and oxygen atoms in total. The summed E-state index contributed by atoms with van der Waals surface area (Å²) in [5.74, 6) is 0.575. The van der Waals surface area contributed by atoms with Crippen LogP contribution in [0.15, 0.2) is 48.0 Å². The highest BCUT2D eigenvalue weighted by Crippen LogP contribution is 2.30. The van der Waals surface area contributed by atoms with Crippen LogP contribution in [0.1, 0.15) is 31.9 Å². The summed E-state index contributed by atoms with van der Waals surface area (Å²) in [6.07, 6.45) is 1.57. The fourth-order valence-corrected chi connectivity index (χ4v) is 2.51. The molecule has 1 N–H and O–H groups in total. The number of nitrogens with zero attached hydrogens (tertiary/aromatic N) is 1. The van der Waals surface area contributed by atoms with E-state index in [1.165, 1.54) is 19.8 Å². The zero-order chi connectivity index (χ0) is 20.0. The van der Waals surface area contributed by atoms with Gasteiger partial charge in [0.25, 0.3) is 5.91 Å². The van der Waals surface area contributed by atoms with Crippen molar-refractivity contribution in [3.8, 4) is 17.6 Å². The van der Waals surface area contributed by atoms with E-state index in [2.05, 4.69) is 26.1 Å². The van der Waals surface area contributed by atoms with Gasteiger partial charge in [0, 0.05) is 11.8 Å². The average Bonchev–Trinajstić information content (AvgIpc) is 2.65. The standard InChI is InChI=1S/C22H24N2O3/c1-22(2,3)17-8-6-15(7-9-17)12-16(14-23)21(25)24-18-10-11-19(26-4)20(13-18)27-5/h6-13H,1-5H3,(H,24,25)/b16-12+. The van der Waals surface area contributed by atoms with Crippen LogP contribution in [-0.2, 0) is 10.2 Å². The van der Waals surface area contributed by atoms with Crippen LogP contribution in [0.2, 0.25) is 0 Å². The molecule has 2 aromatic rings. The Morgan fingerprint density at radius 1 is 1.04 bits per heavy atom. The van der Waals surface area contributed by atoms with Crippen LogP contribution in [0, 0.1) is 11.3 Å². The van der Waals surface area contributed by atoms with Crippen molar-refractivity contribution in [1.82, 2.24) is 0 Å². The van der Waals surface area contributed by atoms with Crippen molar-refractivity contribution in [2.24, 2.45) is 0 Å². The molecule has 0 heterocycles. The van der Waals surface area contributed by atoms with Crippen LogP contribution < -0.4 is 14.8 Å². The third-order valence-electron chi connectivity index (χ3n) is 4.09. The normalized spacial score (nSPS) is 11.5. The predicted octanol–water partition coefficient (Wildman–Crippen LogP) is 4.55. The second-order valence-electron chi connectivity index (χ2n) is 7.07. The molecule has 2 aromatic carbocycles. The lowest BCUT2D eigenvalue weighted by Crippen LogP contribution is -2.13. The molecule has 1 amide bonds. The predicted molar refractivity (Wildman–Crippen MR) is 107 cm³/mol. The first-order chi connectivity index (χ1) is 12.8. The molecule has 0 spiro atoms. The van der Waals surface area contributed by atoms with Gasteiger partial charge in [0.05, 0.1) is 14.2 Å². The summed E-state index contributed by atoms with van der Waals surface area (Å²) in [5.41, 5.74) is 2.57. The van der Waals surface area contributed by atoms with Gasteiger partial charge in [-0.1, -0.05) is 45.0 Å². The lowest BCUT2D eigenvalue weighted by molar-refractivity contribution is -0.112. The number of amides is 1. The Morgan fingerprint density at radius 2 is 1.67 bits per heavy atom. The summed E-state index contributed by atoms with van der Waals surface area (Å²) in [4.78, 5) is 12.5. The summed E-state index contributed by atoms with van der Waals surface area (Å²) in [5, 5.41) is 12.1. The molecule has 0 aliphatic rings. The number of carbonyl (C=O) groups excluding carboxylic acids is 1. The first kappa shape index (κ1) is 20.1. The summed E-state index contributed by atoms with van der Waals surface area (Å²) < 4.78 is 10.4. The lowest BCUT2D eigenvalue weighted by atomic mass is 9.86. The third kappa shape index (κ3) is 5.11. The minimum Gasteiger partial charge on any atom is -0.493 e. The van der Waals surface area contributed by atoms with Crippen LogP contribution in [0.25, 0.3) is 6.08 Å². The largest absolute Gasteiger partial charge is 0.493 e. The van der Waals surface area contributed by atoms with Crippen LogP contribution in [0.4, 0.5) is 5.69 Å². The zero-order valence-electron chi connectivity index (χ0n) is 16.3. The average molecular weight is 364 g/mol. The van der Waals surface area contributed by atoms with E-state index in [9.17, 15) is 10.1 Å². The minimum atomic E-state index is -0.482. The molecule has 5 heteroatoms. The van der Waals surface area contributed by atoms with Gasteiger partial charge in [-0.15, -0.1) is 0 Å². The Hall–Kier alpha value is -3.26. The van der Waals surface area contributed by atoms with E-state index in [1.807, 2.05) is 30.3 Å². The lowest BCUT2D eigenvalue weighted by Gasteiger charge is -2.18. The number of hydrogen-bond donors (Lipinski definition) is 1. The Morgan fingerprint density at radius 3 is 2.19 bits per heavy atom. The van der Waals surface area contributed by atoms with E-state index < -0.39 is 5.91 Å². The maximum atomic E-state index is 12.5. The smallest absolute Gasteiger partial charge is 0.266 e. The van der Waals surface area contributed by atoms with Crippen molar-refractivity contribution >= 4 is 17.7 Å². The maximum absolute atomic E-state index is 12.5. The molecule has 2 rings (SSSR count). The monoisotopic (exact) mass is 364 g/mol. The summed E-state index contributed by atoms with van der Waals surface area (Å²) in [6, 6.07) is 14.8. The SMILES string of the molecule is COc1ccc(NC(=O)/C(C#N)=C/c2ccc(C(C)(C)C)cc2)cc1OC. The highest BCUT2D eigenvalue weighted by atomic mass is 16.5. The second-order valence-corrected chi connectivity index (χ2v) is 7.07. The third-order valence-corrected chi connectivity index (χ3v) is 4.09. The van der Waals surface area contributed by atoms with E-state index in [4.69, 9.17) is 9.47 Å². The number of methoxy groups -OCH3 is 2. The number of hydrogen-bond acceptors (Lipinski definition) is 4. The van der Waals surface area contributed by atoms with Crippen LogP contribution >= 0.6 is 0 Å². The minimum absolute atomic E-state index is 0.0216. The highest BCUT2D eigenvalue weighted by Gasteiger charge is 2.14. The van der Waals surface area contributed by atoms with Gasteiger partial charge in [0.1, 0.15) is 11.6 Å². The number of rotatable bonds is 5. The fraction of sp³-hybridized carbons (Fsp3) is 0.273. The topological polar surface area (TPSA) is 71.3 Å². The Kier molecular flexibility index (Phi) is 6.25. The number of benzene rings is 2. The summed E-state index contributed by atoms with van der Waals surface area (Å²) in [6.45, 7) is 6.40. The molecule has 27 heavy (non-hydrogen) atoms. The number of carbonyl (C=O) groups is 1. The molecular formula is C22H24N2O3. The molecule has 0 radical (unpaired) electrons. The van der Waals surface area contributed by atoms with E-state index in [-0.39, 0.29) is 11.0 Å². The first-order valence-corrected chi connectivity index (χ1v) is 8.54. The molecular weight excluding hydrogens is 340 g/mol. The van der Waals surface area contributed by atoms with E-state index >= 15 is 0 Å². The second kappa shape index (κ2) is 8.41. The Bertz CT molecular complexity index is 885. The van der Waals surface area contributed by atoms with Gasteiger partial charge < -0.3 is 14.8 Å². The van der Waals surface area contributed by atoms with E-state index in [1.54, 1.807) is 24.3 Å². The molecule has 0 bridgehead atoms. The molecule has 0 aliphatic carbocycles. The first-order valence-electron chi connectivity index (χ1n) is 8.54. The Balaban J connectivity index is 2.21. The highest BCUT2D eigenvalue weighted by molar-refractivity contribution is 6.09. The number of nitrogens with one attached hydrogen (secondary N) is 1. The van der Waals surface area contributed by atoms with Gasteiger partial charge in [-0.05, 0) is 34.8 Å². The van der Waals surface area contributed by atoms with Crippen molar-refractivity contribution in [3.05, 3.63) is 59.2 Å². The van der Waals surface area contributed by atoms with E-state index in [0.717, 1.165) is 5.56 Å². The summed E-state index contributed by atoms with van der Waals surface area (Å²) in [7, 11) is 3.06. The van der Waals surface area contributed by atoms with Gasteiger partial charge in [-0.3, -0.25) is 4.79 Å². The van der Waals surface area contributed by atoms with Crippen LogP contribution in [0.3, 0.4) is 0 Å². The van der Waals surface area contributed by atoms with Gasteiger partial charge in [-0.25, -0.2) is 0 Å². The van der Waals surface area contributed by atoms with Gasteiger partial charge in [0.15, 0.2) is 11.5 Å². The number of ether oxygens (including phenoxy) is 2. The molecule has 0 unspecified atom stereocenters. The van der Waals surface area contributed by atoms with Crippen molar-refractivity contribution in [2.45, 2.75) is 26.2 Å². The molecule has 140 valence electrons. The molecule has 0 saturated heterocycles. The van der Waals surface area contributed by atoms with Crippen molar-refractivity contribution in [2.75, 3.05) is 19.5 Å². The quantitative estimate of drug-likeness (QED) is 0.624. The molecule has 0 aromatic heterocycles. The maximum Gasteiger partial charge on any atom is 0.266 e. The van der Waals surface area contributed by atoms with Crippen LogP contribution in [0.5, 0.6) is 11.5 Å². The van der Waals surface area contributed by atoms with Crippen molar-refractivity contribution in [1.29, 1.82) is 5.26 Å². The van der Waals surface area contributed by atoms with Crippen molar-refractivity contribution in [3.63, 3.8) is 0 Å². The number of anilines is 1. The Labute approximate surface area is 160 Å². The van der Waals surface area contributed by atoms with Crippen LogP contribution in [-0.4, -0.2) is 20.1 Å². The molecule has 0 aliphatic heterocycles. The van der Waals surface area contributed by atoms with E-state index in [0.29, 0.717) is 17.2 Å². The van der Waals surface area contributed by atoms with Gasteiger partial charge in [0.2, 0.25) is 0 Å². The molecule has 0 atom stereocenters. The zero-order valence-corrected chi connectivity index (χ0v) is 16.3. The molecule has 0 saturated carbocycles. The fourth-order valence-electron chi connectivity index (χ4n) is 2.51. The summed E-state index contributed by atoms with van der Waals surface area (Å²) >= 11 is 0. The van der Waals surface area contributed by atoms with Crippen molar-refractivity contribution < 1.29 is 14.3 Å². The van der Waals surface area contributed by atoms with Gasteiger partial charge >= 0.3 is 0 Å². The number of nitriles is 1. The molecule has 0 fully saturated rings.